The summed E-state index contributed by atoms with van der Waals surface area (Å²) in [6.07, 6.45) is 5.80. The Balaban J connectivity index is 1.68. The second-order valence-corrected chi connectivity index (χ2v) is 6.25. The average Bonchev–Trinajstić information content (AvgIpc) is 2.91. The van der Waals surface area contributed by atoms with E-state index >= 15 is 0 Å². The fraction of sp³-hybridized carbons (Fsp3) is 0.933. The molecule has 2 atom stereocenters. The third-order valence-electron chi connectivity index (χ3n) is 4.70. The minimum atomic E-state index is 0.297. The van der Waals surface area contributed by atoms with Crippen LogP contribution in [0.1, 0.15) is 39.0 Å². The molecule has 4 nitrogen and oxygen atoms in total. The lowest BCUT2D eigenvalue weighted by Crippen LogP contribution is -2.44. The second-order valence-electron chi connectivity index (χ2n) is 6.25. The zero-order valence-electron chi connectivity index (χ0n) is 12.5. The van der Waals surface area contributed by atoms with Crippen molar-refractivity contribution < 1.29 is 4.79 Å². The Morgan fingerprint density at radius 1 is 1.32 bits per heavy atom. The molecule has 110 valence electrons. The molecule has 2 fully saturated rings. The highest BCUT2D eigenvalue weighted by atomic mass is 16.2. The lowest BCUT2D eigenvalue weighted by Gasteiger charge is -2.31. The first kappa shape index (κ1) is 14.8. The third-order valence-corrected chi connectivity index (χ3v) is 4.70. The fourth-order valence-corrected chi connectivity index (χ4v) is 3.15. The SMILES string of the molecule is CC1CCCNC1CC(=O)N(C)CCN1CCCC1. The predicted molar refractivity (Wildman–Crippen MR) is 78.1 cm³/mol. The van der Waals surface area contributed by atoms with E-state index in [0.717, 1.165) is 19.6 Å². The molecule has 1 N–H and O–H groups in total. The van der Waals surface area contributed by atoms with Gasteiger partial charge in [0.15, 0.2) is 0 Å². The number of rotatable bonds is 5. The molecule has 0 aromatic heterocycles. The Morgan fingerprint density at radius 3 is 2.74 bits per heavy atom. The summed E-state index contributed by atoms with van der Waals surface area (Å²) in [4.78, 5) is 16.6. The topological polar surface area (TPSA) is 35.6 Å². The molecule has 0 aromatic rings. The quantitative estimate of drug-likeness (QED) is 0.816. The van der Waals surface area contributed by atoms with Crippen LogP contribution < -0.4 is 5.32 Å². The molecule has 2 saturated heterocycles. The molecule has 0 spiro atoms. The van der Waals surface area contributed by atoms with E-state index in [1.807, 2.05) is 11.9 Å². The van der Waals surface area contributed by atoms with E-state index < -0.39 is 0 Å². The minimum absolute atomic E-state index is 0.297. The first-order chi connectivity index (χ1) is 9.16. The molecule has 2 aliphatic rings. The van der Waals surface area contributed by atoms with Gasteiger partial charge in [-0.1, -0.05) is 6.92 Å². The Labute approximate surface area is 117 Å². The van der Waals surface area contributed by atoms with Crippen LogP contribution in [0, 0.1) is 5.92 Å². The van der Waals surface area contributed by atoms with Crippen LogP contribution in [0.5, 0.6) is 0 Å². The Bertz CT molecular complexity index is 289. The van der Waals surface area contributed by atoms with E-state index in [2.05, 4.69) is 17.1 Å². The van der Waals surface area contributed by atoms with E-state index in [4.69, 9.17) is 0 Å². The van der Waals surface area contributed by atoms with Gasteiger partial charge in [0.2, 0.25) is 5.91 Å². The van der Waals surface area contributed by atoms with Crippen molar-refractivity contribution in [1.29, 1.82) is 0 Å². The average molecular weight is 267 g/mol. The van der Waals surface area contributed by atoms with Gasteiger partial charge in [-0.15, -0.1) is 0 Å². The molecule has 0 aromatic carbocycles. The van der Waals surface area contributed by atoms with Crippen molar-refractivity contribution in [2.75, 3.05) is 39.8 Å². The van der Waals surface area contributed by atoms with Crippen molar-refractivity contribution in [2.45, 2.75) is 45.1 Å². The lowest BCUT2D eigenvalue weighted by molar-refractivity contribution is -0.131. The van der Waals surface area contributed by atoms with Gasteiger partial charge in [0, 0.05) is 32.6 Å². The number of nitrogens with one attached hydrogen (secondary N) is 1. The highest BCUT2D eigenvalue weighted by Gasteiger charge is 2.24. The molecule has 0 radical (unpaired) electrons. The summed E-state index contributed by atoms with van der Waals surface area (Å²) in [6.45, 7) is 7.66. The molecule has 0 aliphatic carbocycles. The van der Waals surface area contributed by atoms with Crippen molar-refractivity contribution >= 4 is 5.91 Å². The lowest BCUT2D eigenvalue weighted by atomic mass is 9.90. The van der Waals surface area contributed by atoms with Crippen molar-refractivity contribution in [2.24, 2.45) is 5.92 Å². The summed E-state index contributed by atoms with van der Waals surface area (Å²) in [5.74, 6) is 0.926. The van der Waals surface area contributed by atoms with Gasteiger partial charge >= 0.3 is 0 Å². The maximum atomic E-state index is 12.2. The van der Waals surface area contributed by atoms with Crippen molar-refractivity contribution in [3.63, 3.8) is 0 Å². The van der Waals surface area contributed by atoms with Gasteiger partial charge in [0.1, 0.15) is 0 Å². The van der Waals surface area contributed by atoms with E-state index in [0.29, 0.717) is 24.3 Å². The first-order valence-corrected chi connectivity index (χ1v) is 7.86. The molecule has 2 unspecified atom stereocenters. The molecule has 1 amide bonds. The highest BCUT2D eigenvalue weighted by molar-refractivity contribution is 5.76. The van der Waals surface area contributed by atoms with Gasteiger partial charge in [-0.3, -0.25) is 4.79 Å². The van der Waals surface area contributed by atoms with Gasteiger partial charge in [-0.2, -0.15) is 0 Å². The van der Waals surface area contributed by atoms with Gasteiger partial charge in [0.05, 0.1) is 0 Å². The number of nitrogens with zero attached hydrogens (tertiary/aromatic N) is 2. The maximum Gasteiger partial charge on any atom is 0.223 e. The Hall–Kier alpha value is -0.610. The van der Waals surface area contributed by atoms with Crippen molar-refractivity contribution in [1.82, 2.24) is 15.1 Å². The van der Waals surface area contributed by atoms with E-state index in [9.17, 15) is 4.79 Å². The van der Waals surface area contributed by atoms with Gasteiger partial charge < -0.3 is 15.1 Å². The maximum absolute atomic E-state index is 12.2. The van der Waals surface area contributed by atoms with Crippen molar-refractivity contribution in [3.05, 3.63) is 0 Å². The number of carbonyl (C=O) groups excluding carboxylic acids is 1. The molecule has 2 aliphatic heterocycles. The van der Waals surface area contributed by atoms with Gasteiger partial charge in [0.25, 0.3) is 0 Å². The third kappa shape index (κ3) is 4.46. The zero-order valence-corrected chi connectivity index (χ0v) is 12.5. The summed E-state index contributed by atoms with van der Waals surface area (Å²) in [5.41, 5.74) is 0. The molecule has 0 bridgehead atoms. The molecule has 2 heterocycles. The smallest absolute Gasteiger partial charge is 0.223 e. The number of piperidine rings is 1. The highest BCUT2D eigenvalue weighted by Crippen LogP contribution is 2.18. The summed E-state index contributed by atoms with van der Waals surface area (Å²) >= 11 is 0. The van der Waals surface area contributed by atoms with Crippen LogP contribution in [0.15, 0.2) is 0 Å². The normalized spacial score (nSPS) is 28.5. The summed E-state index contributed by atoms with van der Waals surface area (Å²) in [7, 11) is 1.95. The second kappa shape index (κ2) is 7.25. The number of likely N-dealkylation sites (tertiary alicyclic amines) is 1. The van der Waals surface area contributed by atoms with Crippen LogP contribution in [0.25, 0.3) is 0 Å². The number of hydrogen-bond donors (Lipinski definition) is 1. The zero-order chi connectivity index (χ0) is 13.7. The summed E-state index contributed by atoms with van der Waals surface area (Å²) < 4.78 is 0. The van der Waals surface area contributed by atoms with E-state index in [1.165, 1.54) is 38.8 Å². The van der Waals surface area contributed by atoms with E-state index in [1.54, 1.807) is 0 Å². The van der Waals surface area contributed by atoms with Gasteiger partial charge in [-0.25, -0.2) is 0 Å². The van der Waals surface area contributed by atoms with E-state index in [-0.39, 0.29) is 0 Å². The standard InChI is InChI=1S/C15H29N3O/c1-13-6-5-7-16-14(13)12-15(19)17(2)10-11-18-8-3-4-9-18/h13-14,16H,3-12H2,1-2H3. The van der Waals surface area contributed by atoms with Crippen LogP contribution in [-0.2, 0) is 4.79 Å². The molecular formula is C15H29N3O. The molecule has 2 rings (SSSR count). The summed E-state index contributed by atoms with van der Waals surface area (Å²) in [5, 5.41) is 3.49. The minimum Gasteiger partial charge on any atom is -0.344 e. The molecule has 0 saturated carbocycles. The molecule has 19 heavy (non-hydrogen) atoms. The number of amides is 1. The van der Waals surface area contributed by atoms with Crippen LogP contribution in [-0.4, -0.2) is 61.5 Å². The molecule has 4 heteroatoms. The van der Waals surface area contributed by atoms with Crippen molar-refractivity contribution in [3.8, 4) is 0 Å². The first-order valence-electron chi connectivity index (χ1n) is 7.86. The van der Waals surface area contributed by atoms with Crippen LogP contribution in [0.4, 0.5) is 0 Å². The molecular weight excluding hydrogens is 238 g/mol. The fourth-order valence-electron chi connectivity index (χ4n) is 3.15. The monoisotopic (exact) mass is 267 g/mol. The van der Waals surface area contributed by atoms with Crippen LogP contribution in [0.2, 0.25) is 0 Å². The Morgan fingerprint density at radius 2 is 2.05 bits per heavy atom. The largest absolute Gasteiger partial charge is 0.344 e. The summed E-state index contributed by atoms with van der Waals surface area (Å²) in [6, 6.07) is 0.385. The van der Waals surface area contributed by atoms with Crippen LogP contribution >= 0.6 is 0 Å². The number of hydrogen-bond acceptors (Lipinski definition) is 3. The predicted octanol–water partition coefficient (Wildman–Crippen LogP) is 1.32. The van der Waals surface area contributed by atoms with Gasteiger partial charge in [-0.05, 0) is 51.2 Å². The van der Waals surface area contributed by atoms with Crippen LogP contribution in [0.3, 0.4) is 0 Å². The number of carbonyl (C=O) groups is 1. The number of likely N-dealkylation sites (N-methyl/N-ethyl adjacent to an activating group) is 1. The Kier molecular flexibility index (Phi) is 5.64.